The van der Waals surface area contributed by atoms with E-state index in [0.29, 0.717) is 31.1 Å². The van der Waals surface area contributed by atoms with Crippen LogP contribution < -0.4 is 20.1 Å². The summed E-state index contributed by atoms with van der Waals surface area (Å²) in [6.45, 7) is 4.23. The smallest absolute Gasteiger partial charge is 0.321 e. The van der Waals surface area contributed by atoms with Gasteiger partial charge in [0, 0.05) is 32.1 Å². The Bertz CT molecular complexity index is 1000. The number of hydrogen-bond donors (Lipinski definition) is 2. The molecule has 1 aromatic rings. The lowest BCUT2D eigenvalue weighted by molar-refractivity contribution is -0.153. The summed E-state index contributed by atoms with van der Waals surface area (Å²) in [5.74, 6) is -1.01. The molecule has 3 rings (SSSR count). The molecular weight excluding hydrogens is 454 g/mol. The zero-order valence-electron chi connectivity index (χ0n) is 18.1. The molecule has 0 bridgehead atoms. The minimum atomic E-state index is -3.77. The van der Waals surface area contributed by atoms with Crippen molar-refractivity contribution in [1.29, 1.82) is 0 Å². The van der Waals surface area contributed by atoms with Crippen LogP contribution in [0.1, 0.15) is 19.3 Å². The lowest BCUT2D eigenvalue weighted by atomic mass is 9.98. The summed E-state index contributed by atoms with van der Waals surface area (Å²) in [5, 5.41) is 4.38. The van der Waals surface area contributed by atoms with Crippen LogP contribution in [-0.2, 0) is 24.3 Å². The summed E-state index contributed by atoms with van der Waals surface area (Å²) in [5.41, 5.74) is 0. The van der Waals surface area contributed by atoms with Gasteiger partial charge in [-0.2, -0.15) is 4.31 Å². The molecule has 12 heteroatoms. The summed E-state index contributed by atoms with van der Waals surface area (Å²) in [6.07, 6.45) is 2.67. The third-order valence-corrected chi connectivity index (χ3v) is 7.04. The highest BCUT2D eigenvalue weighted by Crippen LogP contribution is 2.33. The maximum Gasteiger partial charge on any atom is 0.321 e. The number of amides is 3. The Hall–Kier alpha value is -3.12. The molecule has 1 saturated heterocycles. The van der Waals surface area contributed by atoms with Crippen LogP contribution in [0.25, 0.3) is 0 Å². The lowest BCUT2D eigenvalue weighted by Gasteiger charge is -2.30. The van der Waals surface area contributed by atoms with Crippen LogP contribution in [0.5, 0.6) is 11.5 Å². The molecule has 2 N–H and O–H groups in total. The molecule has 0 atom stereocenters. The molecule has 0 spiro atoms. The first-order chi connectivity index (χ1) is 15.8. The van der Waals surface area contributed by atoms with Crippen LogP contribution in [0.15, 0.2) is 35.7 Å². The number of sulfonamides is 1. The Morgan fingerprint density at radius 3 is 2.55 bits per heavy atom. The molecule has 0 saturated carbocycles. The first-order valence-corrected chi connectivity index (χ1v) is 12.0. The van der Waals surface area contributed by atoms with Crippen molar-refractivity contribution < 1.29 is 37.0 Å². The highest BCUT2D eigenvalue weighted by atomic mass is 32.2. The van der Waals surface area contributed by atoms with Crippen molar-refractivity contribution in [3.05, 3.63) is 30.9 Å². The van der Waals surface area contributed by atoms with Gasteiger partial charge in [0.25, 0.3) is 5.91 Å². The van der Waals surface area contributed by atoms with E-state index in [9.17, 15) is 22.8 Å². The number of nitrogens with zero attached hydrogens (tertiary/aromatic N) is 1. The zero-order valence-corrected chi connectivity index (χ0v) is 18.9. The Balaban J connectivity index is 1.50. The molecular formula is C21H27N3O8S. The van der Waals surface area contributed by atoms with Gasteiger partial charge in [0.15, 0.2) is 18.1 Å². The summed E-state index contributed by atoms with van der Waals surface area (Å²) in [6, 6.07) is 3.80. The molecule has 2 aliphatic rings. The predicted molar refractivity (Wildman–Crippen MR) is 116 cm³/mol. The fourth-order valence-corrected chi connectivity index (χ4v) is 4.90. The third kappa shape index (κ3) is 6.45. The monoisotopic (exact) mass is 481 g/mol. The van der Waals surface area contributed by atoms with Gasteiger partial charge < -0.3 is 19.5 Å². The second-order valence-electron chi connectivity index (χ2n) is 7.49. The van der Waals surface area contributed by atoms with Crippen molar-refractivity contribution in [3.63, 3.8) is 0 Å². The third-order valence-electron chi connectivity index (χ3n) is 5.15. The molecule has 0 unspecified atom stereocenters. The van der Waals surface area contributed by atoms with Crippen molar-refractivity contribution in [2.24, 2.45) is 5.92 Å². The van der Waals surface area contributed by atoms with Crippen molar-refractivity contribution in [1.82, 2.24) is 14.9 Å². The Morgan fingerprint density at radius 1 is 1.15 bits per heavy atom. The molecule has 11 nitrogen and oxygen atoms in total. The van der Waals surface area contributed by atoms with Crippen LogP contribution >= 0.6 is 0 Å². The number of fused-ring (bicyclic) bond motifs is 1. The number of imide groups is 1. The van der Waals surface area contributed by atoms with Gasteiger partial charge in [-0.3, -0.25) is 14.9 Å². The van der Waals surface area contributed by atoms with Crippen molar-refractivity contribution >= 4 is 27.9 Å². The second kappa shape index (κ2) is 11.1. The normalized spacial score (nSPS) is 16.8. The van der Waals surface area contributed by atoms with Gasteiger partial charge >= 0.3 is 12.0 Å². The van der Waals surface area contributed by atoms with E-state index in [1.807, 2.05) is 5.32 Å². The molecule has 3 amide bonds. The van der Waals surface area contributed by atoms with Crippen LogP contribution in [0.3, 0.4) is 0 Å². The van der Waals surface area contributed by atoms with Crippen molar-refractivity contribution in [3.8, 4) is 11.5 Å². The maximum atomic E-state index is 13.0. The molecule has 33 heavy (non-hydrogen) atoms. The van der Waals surface area contributed by atoms with Gasteiger partial charge in [-0.05, 0) is 25.0 Å². The van der Waals surface area contributed by atoms with Crippen LogP contribution in [0, 0.1) is 5.92 Å². The fraction of sp³-hybridized carbons (Fsp3) is 0.476. The number of benzene rings is 1. The molecule has 0 radical (unpaired) electrons. The molecule has 2 aliphatic heterocycles. The van der Waals surface area contributed by atoms with Gasteiger partial charge in [-0.15, -0.1) is 6.58 Å². The molecule has 0 aromatic heterocycles. The minimum Gasteiger partial charge on any atom is -0.490 e. The first kappa shape index (κ1) is 24.5. The number of esters is 1. The number of urea groups is 1. The van der Waals surface area contributed by atoms with Gasteiger partial charge in [-0.25, -0.2) is 13.2 Å². The average Bonchev–Trinajstić information content (AvgIpc) is 3.06. The van der Waals surface area contributed by atoms with Crippen molar-refractivity contribution in [2.75, 3.05) is 39.5 Å². The Morgan fingerprint density at radius 2 is 1.85 bits per heavy atom. The highest BCUT2D eigenvalue weighted by molar-refractivity contribution is 7.89. The SMILES string of the molecule is C=CCNC(=O)NC(=O)COC(=O)C1CCN(S(=O)(=O)c2ccc3c(c2)OCCCO3)CC1. The number of hydrogen-bond acceptors (Lipinski definition) is 8. The Kier molecular flexibility index (Phi) is 8.28. The van der Waals surface area contributed by atoms with Crippen LogP contribution in [0.4, 0.5) is 4.79 Å². The minimum absolute atomic E-state index is 0.0965. The van der Waals surface area contributed by atoms with Gasteiger partial charge in [0.2, 0.25) is 10.0 Å². The summed E-state index contributed by atoms with van der Waals surface area (Å²) < 4.78 is 43.5. The number of piperidine rings is 1. The molecule has 2 heterocycles. The first-order valence-electron chi connectivity index (χ1n) is 10.6. The van der Waals surface area contributed by atoms with E-state index < -0.39 is 40.5 Å². The van der Waals surface area contributed by atoms with Crippen LogP contribution in [0.2, 0.25) is 0 Å². The highest BCUT2D eigenvalue weighted by Gasteiger charge is 2.33. The van der Waals surface area contributed by atoms with Gasteiger partial charge in [0.05, 0.1) is 24.0 Å². The second-order valence-corrected chi connectivity index (χ2v) is 9.43. The number of ether oxygens (including phenoxy) is 3. The average molecular weight is 482 g/mol. The maximum absolute atomic E-state index is 13.0. The zero-order chi connectivity index (χ0) is 23.8. The largest absolute Gasteiger partial charge is 0.490 e. The van der Waals surface area contributed by atoms with E-state index in [1.54, 1.807) is 6.07 Å². The summed E-state index contributed by atoms with van der Waals surface area (Å²) in [7, 11) is -3.77. The van der Waals surface area contributed by atoms with Crippen LogP contribution in [-0.4, -0.2) is 70.1 Å². The number of carbonyl (C=O) groups excluding carboxylic acids is 3. The predicted octanol–water partition coefficient (Wildman–Crippen LogP) is 0.804. The van der Waals surface area contributed by atoms with Gasteiger partial charge in [-0.1, -0.05) is 6.08 Å². The Labute approximate surface area is 192 Å². The summed E-state index contributed by atoms with van der Waals surface area (Å²) >= 11 is 0. The van der Waals surface area contributed by atoms with E-state index in [4.69, 9.17) is 14.2 Å². The quantitative estimate of drug-likeness (QED) is 0.431. The molecule has 0 aliphatic carbocycles. The van der Waals surface area contributed by atoms with Crippen molar-refractivity contribution in [2.45, 2.75) is 24.2 Å². The molecule has 1 aromatic carbocycles. The number of nitrogens with one attached hydrogen (secondary N) is 2. The standard InChI is InChI=1S/C21H27N3O8S/c1-2-8-22-21(27)23-19(25)14-32-20(26)15-6-9-24(10-7-15)33(28,29)16-4-5-17-18(13-16)31-12-3-11-30-17/h2,4-5,13,15H,1,3,6-12,14H2,(H2,22,23,25,27). The molecule has 1 fully saturated rings. The topological polar surface area (TPSA) is 140 Å². The lowest BCUT2D eigenvalue weighted by Crippen LogP contribution is -2.43. The van der Waals surface area contributed by atoms with E-state index >= 15 is 0 Å². The van der Waals surface area contributed by atoms with E-state index in [0.717, 1.165) is 0 Å². The number of carbonyl (C=O) groups is 3. The summed E-state index contributed by atoms with van der Waals surface area (Å²) in [4.78, 5) is 35.4. The fourth-order valence-electron chi connectivity index (χ4n) is 3.41. The van der Waals surface area contributed by atoms with E-state index in [-0.39, 0.29) is 37.4 Å². The number of rotatable bonds is 7. The molecule has 180 valence electrons. The van der Waals surface area contributed by atoms with E-state index in [1.165, 1.54) is 22.5 Å². The van der Waals surface area contributed by atoms with Gasteiger partial charge in [0.1, 0.15) is 0 Å². The van der Waals surface area contributed by atoms with E-state index in [2.05, 4.69) is 11.9 Å².